The fourth-order valence-electron chi connectivity index (χ4n) is 2.66. The fraction of sp³-hybridized carbons (Fsp3) is 0.875. The van der Waals surface area contributed by atoms with Gasteiger partial charge in [0.25, 0.3) is 0 Å². The highest BCUT2D eigenvalue weighted by molar-refractivity contribution is 8.00. The summed E-state index contributed by atoms with van der Waals surface area (Å²) in [4.78, 5) is 26.2. The van der Waals surface area contributed by atoms with Gasteiger partial charge in [0.1, 0.15) is 0 Å². The first-order chi connectivity index (χ1) is 10.6. The third kappa shape index (κ3) is 6.57. The molecule has 0 aliphatic carbocycles. The maximum Gasteiger partial charge on any atom is 0.235 e. The highest BCUT2D eigenvalue weighted by atomic mass is 32.2. The van der Waals surface area contributed by atoms with E-state index in [0.29, 0.717) is 19.5 Å². The molecule has 1 rings (SSSR count). The number of carbonyl (C=O) groups is 2. The first kappa shape index (κ1) is 19.3. The predicted molar refractivity (Wildman–Crippen MR) is 92.9 cm³/mol. The number of nitrogens with two attached hydrogens (primary N) is 1. The lowest BCUT2D eigenvalue weighted by Crippen LogP contribution is -2.51. The van der Waals surface area contributed by atoms with Crippen molar-refractivity contribution in [3.63, 3.8) is 0 Å². The highest BCUT2D eigenvalue weighted by Gasteiger charge is 2.29. The summed E-state index contributed by atoms with van der Waals surface area (Å²) in [7, 11) is 0. The van der Waals surface area contributed by atoms with Crippen LogP contribution in [0.3, 0.4) is 0 Å². The second kappa shape index (κ2) is 10.9. The van der Waals surface area contributed by atoms with Gasteiger partial charge in [-0.25, -0.2) is 0 Å². The molecule has 2 amide bonds. The van der Waals surface area contributed by atoms with E-state index in [-0.39, 0.29) is 23.1 Å². The number of unbranched alkanes of at least 4 members (excludes halogenated alkanes) is 1. The molecule has 1 saturated heterocycles. The van der Waals surface area contributed by atoms with E-state index in [4.69, 9.17) is 5.73 Å². The Morgan fingerprint density at radius 3 is 2.86 bits per heavy atom. The Bertz CT molecular complexity index is 352. The van der Waals surface area contributed by atoms with Gasteiger partial charge in [0.15, 0.2) is 0 Å². The average molecular weight is 330 g/mol. The number of nitrogens with one attached hydrogen (secondary N) is 1. The largest absolute Gasteiger partial charge is 0.354 e. The number of thioether (sulfide) groups is 1. The summed E-state index contributed by atoms with van der Waals surface area (Å²) in [5.74, 6) is 1.24. The SMILES string of the molecule is CCCCSC(C)C(=O)N1CCCCC1CNC(=O)CCN. The van der Waals surface area contributed by atoms with Crippen molar-refractivity contribution in [3.05, 3.63) is 0 Å². The smallest absolute Gasteiger partial charge is 0.235 e. The van der Waals surface area contributed by atoms with Crippen LogP contribution in [0.4, 0.5) is 0 Å². The Hall–Kier alpha value is -0.750. The zero-order valence-electron chi connectivity index (χ0n) is 14.0. The molecular formula is C16H31N3O2S. The van der Waals surface area contributed by atoms with Gasteiger partial charge >= 0.3 is 0 Å². The van der Waals surface area contributed by atoms with Crippen LogP contribution in [0.25, 0.3) is 0 Å². The molecule has 5 nitrogen and oxygen atoms in total. The number of hydrogen-bond acceptors (Lipinski definition) is 4. The van der Waals surface area contributed by atoms with Crippen molar-refractivity contribution in [2.24, 2.45) is 5.73 Å². The lowest BCUT2D eigenvalue weighted by atomic mass is 10.0. The van der Waals surface area contributed by atoms with Crippen molar-refractivity contribution in [2.75, 3.05) is 25.4 Å². The molecule has 6 heteroatoms. The molecule has 2 unspecified atom stereocenters. The van der Waals surface area contributed by atoms with Crippen LogP contribution < -0.4 is 11.1 Å². The second-order valence-corrected chi connectivity index (χ2v) is 7.34. The number of piperidine rings is 1. The Balaban J connectivity index is 2.49. The van der Waals surface area contributed by atoms with Crippen molar-refractivity contribution in [3.8, 4) is 0 Å². The molecule has 0 radical (unpaired) electrons. The summed E-state index contributed by atoms with van der Waals surface area (Å²) in [5, 5.41) is 2.92. The van der Waals surface area contributed by atoms with E-state index in [1.165, 1.54) is 0 Å². The molecule has 1 fully saturated rings. The van der Waals surface area contributed by atoms with Crippen LogP contribution in [0.1, 0.15) is 52.4 Å². The van der Waals surface area contributed by atoms with Gasteiger partial charge in [-0.3, -0.25) is 9.59 Å². The minimum absolute atomic E-state index is 0.00638. The van der Waals surface area contributed by atoms with Crippen molar-refractivity contribution >= 4 is 23.6 Å². The number of hydrogen-bond donors (Lipinski definition) is 2. The topological polar surface area (TPSA) is 75.4 Å². The molecule has 0 aromatic heterocycles. The summed E-state index contributed by atoms with van der Waals surface area (Å²) < 4.78 is 0. The summed E-state index contributed by atoms with van der Waals surface area (Å²) in [6.07, 6.45) is 5.82. The molecule has 0 saturated carbocycles. The third-order valence-electron chi connectivity index (χ3n) is 4.03. The maximum atomic E-state index is 12.6. The maximum absolute atomic E-state index is 12.6. The van der Waals surface area contributed by atoms with Crippen LogP contribution in [0, 0.1) is 0 Å². The summed E-state index contributed by atoms with van der Waals surface area (Å²) in [6, 6.07) is 0.136. The number of carbonyl (C=O) groups excluding carboxylic acids is 2. The van der Waals surface area contributed by atoms with Gasteiger partial charge in [-0.05, 0) is 38.4 Å². The standard InChI is InChI=1S/C16H31N3O2S/c1-3-4-11-22-13(2)16(21)19-10-6-5-7-14(19)12-18-15(20)8-9-17/h13-14H,3-12,17H2,1-2H3,(H,18,20). The molecule has 1 aliphatic heterocycles. The lowest BCUT2D eigenvalue weighted by molar-refractivity contribution is -0.134. The van der Waals surface area contributed by atoms with Gasteiger partial charge in [0.05, 0.1) is 5.25 Å². The molecule has 3 N–H and O–H groups in total. The molecule has 2 atom stereocenters. The van der Waals surface area contributed by atoms with Crippen molar-refractivity contribution in [2.45, 2.75) is 63.7 Å². The predicted octanol–water partition coefficient (Wildman–Crippen LogP) is 1.75. The van der Waals surface area contributed by atoms with Crippen LogP contribution in [0.2, 0.25) is 0 Å². The summed E-state index contributed by atoms with van der Waals surface area (Å²) >= 11 is 1.74. The van der Waals surface area contributed by atoms with Crippen molar-refractivity contribution in [1.29, 1.82) is 0 Å². The van der Waals surface area contributed by atoms with Gasteiger partial charge in [-0.15, -0.1) is 11.8 Å². The van der Waals surface area contributed by atoms with Gasteiger partial charge in [-0.1, -0.05) is 13.3 Å². The average Bonchev–Trinajstić information content (AvgIpc) is 2.53. The molecule has 0 aromatic rings. The normalized spacial score (nSPS) is 19.8. The summed E-state index contributed by atoms with van der Waals surface area (Å²) in [6.45, 7) is 5.90. The van der Waals surface area contributed by atoms with E-state index in [1.54, 1.807) is 11.8 Å². The zero-order valence-corrected chi connectivity index (χ0v) is 14.8. The van der Waals surface area contributed by atoms with E-state index < -0.39 is 0 Å². The number of likely N-dealkylation sites (tertiary alicyclic amines) is 1. The molecule has 0 aromatic carbocycles. The Labute approximate surface area is 138 Å². The van der Waals surface area contributed by atoms with Crippen LogP contribution in [-0.4, -0.2) is 53.4 Å². The van der Waals surface area contributed by atoms with Crippen molar-refractivity contribution < 1.29 is 9.59 Å². The number of rotatable bonds is 9. The molecule has 0 spiro atoms. The van der Waals surface area contributed by atoms with Gasteiger partial charge in [-0.2, -0.15) is 0 Å². The van der Waals surface area contributed by atoms with E-state index in [1.807, 2.05) is 11.8 Å². The van der Waals surface area contributed by atoms with Gasteiger partial charge in [0, 0.05) is 32.1 Å². The van der Waals surface area contributed by atoms with E-state index in [0.717, 1.165) is 44.4 Å². The van der Waals surface area contributed by atoms with Crippen LogP contribution >= 0.6 is 11.8 Å². The third-order valence-corrected chi connectivity index (χ3v) is 5.26. The Morgan fingerprint density at radius 1 is 1.41 bits per heavy atom. The molecule has 0 bridgehead atoms. The van der Waals surface area contributed by atoms with Gasteiger partial charge < -0.3 is 16.0 Å². The Kier molecular flexibility index (Phi) is 9.55. The Morgan fingerprint density at radius 2 is 2.18 bits per heavy atom. The summed E-state index contributed by atoms with van der Waals surface area (Å²) in [5.41, 5.74) is 5.38. The number of nitrogens with zero attached hydrogens (tertiary/aromatic N) is 1. The molecular weight excluding hydrogens is 298 g/mol. The highest BCUT2D eigenvalue weighted by Crippen LogP contribution is 2.22. The minimum atomic E-state index is -0.0224. The molecule has 128 valence electrons. The van der Waals surface area contributed by atoms with Crippen LogP contribution in [0.15, 0.2) is 0 Å². The van der Waals surface area contributed by atoms with E-state index >= 15 is 0 Å². The zero-order chi connectivity index (χ0) is 16.4. The van der Waals surface area contributed by atoms with Crippen LogP contribution in [0.5, 0.6) is 0 Å². The molecule has 1 aliphatic rings. The quantitative estimate of drug-likeness (QED) is 0.632. The van der Waals surface area contributed by atoms with Gasteiger partial charge in [0.2, 0.25) is 11.8 Å². The minimum Gasteiger partial charge on any atom is -0.354 e. The first-order valence-corrected chi connectivity index (χ1v) is 9.53. The fourth-order valence-corrected chi connectivity index (χ4v) is 3.75. The lowest BCUT2D eigenvalue weighted by Gasteiger charge is -2.37. The first-order valence-electron chi connectivity index (χ1n) is 8.49. The molecule has 22 heavy (non-hydrogen) atoms. The monoisotopic (exact) mass is 329 g/mol. The van der Waals surface area contributed by atoms with E-state index in [2.05, 4.69) is 12.2 Å². The van der Waals surface area contributed by atoms with Crippen molar-refractivity contribution in [1.82, 2.24) is 10.2 Å². The van der Waals surface area contributed by atoms with Crippen LogP contribution in [-0.2, 0) is 9.59 Å². The second-order valence-electron chi connectivity index (χ2n) is 5.89. The number of amides is 2. The molecule has 1 heterocycles. The van der Waals surface area contributed by atoms with E-state index in [9.17, 15) is 9.59 Å².